The lowest BCUT2D eigenvalue weighted by Crippen LogP contribution is -2.30. The topological polar surface area (TPSA) is 151 Å². The Balaban J connectivity index is 3.12. The molecule has 1 rings (SSSR count). The average molecular weight is 226 g/mol. The molecule has 0 heterocycles. The standard InChI is InChI=1S/C8H10N4O4/c9-8(10)12(16)11-3-5-6(14)1-4(13)2-7(5)15/h1-3,13-15H,9-10H2/b11-3+. The van der Waals surface area contributed by atoms with Gasteiger partial charge in [-0.25, -0.2) is 0 Å². The van der Waals surface area contributed by atoms with Crippen LogP contribution in [0.5, 0.6) is 17.2 Å². The van der Waals surface area contributed by atoms with Gasteiger partial charge in [0.05, 0.1) is 11.8 Å². The molecular formula is C8H10N4O4. The van der Waals surface area contributed by atoms with E-state index in [-0.39, 0.29) is 16.2 Å². The van der Waals surface area contributed by atoms with E-state index in [0.717, 1.165) is 18.3 Å². The molecule has 0 saturated heterocycles. The van der Waals surface area contributed by atoms with Crippen molar-refractivity contribution in [3.63, 3.8) is 0 Å². The summed E-state index contributed by atoms with van der Waals surface area (Å²) in [6.45, 7) is 0. The zero-order valence-electron chi connectivity index (χ0n) is 8.03. The molecule has 7 N–H and O–H groups in total. The number of benzene rings is 1. The summed E-state index contributed by atoms with van der Waals surface area (Å²) in [7, 11) is 0. The average Bonchev–Trinajstić information content (AvgIpc) is 2.15. The summed E-state index contributed by atoms with van der Waals surface area (Å²) in [5.41, 5.74) is 9.72. The fourth-order valence-electron chi connectivity index (χ4n) is 0.918. The minimum absolute atomic E-state index is 0.0915. The van der Waals surface area contributed by atoms with Gasteiger partial charge in [-0.3, -0.25) is 11.5 Å². The third kappa shape index (κ3) is 2.44. The van der Waals surface area contributed by atoms with Crippen LogP contribution in [0.2, 0.25) is 0 Å². The van der Waals surface area contributed by atoms with Gasteiger partial charge in [0, 0.05) is 12.1 Å². The first-order valence-electron chi connectivity index (χ1n) is 4.06. The van der Waals surface area contributed by atoms with Crippen LogP contribution in [0.4, 0.5) is 0 Å². The molecule has 1 aromatic carbocycles. The van der Waals surface area contributed by atoms with Gasteiger partial charge in [0.1, 0.15) is 17.2 Å². The zero-order valence-corrected chi connectivity index (χ0v) is 8.03. The molecule has 0 aliphatic carbocycles. The third-order valence-corrected chi connectivity index (χ3v) is 1.63. The molecule has 1 aromatic rings. The van der Waals surface area contributed by atoms with Crippen LogP contribution in [0, 0.1) is 5.21 Å². The lowest BCUT2D eigenvalue weighted by Gasteiger charge is -2.05. The van der Waals surface area contributed by atoms with Crippen molar-refractivity contribution in [2.45, 2.75) is 0 Å². The van der Waals surface area contributed by atoms with Crippen molar-refractivity contribution >= 4 is 12.2 Å². The fourth-order valence-corrected chi connectivity index (χ4v) is 0.918. The van der Waals surface area contributed by atoms with Crippen molar-refractivity contribution in [3.8, 4) is 17.2 Å². The summed E-state index contributed by atoms with van der Waals surface area (Å²) >= 11 is 0. The molecule has 0 bridgehead atoms. The van der Waals surface area contributed by atoms with Crippen molar-refractivity contribution < 1.29 is 20.2 Å². The predicted molar refractivity (Wildman–Crippen MR) is 56.0 cm³/mol. The molecule has 0 amide bonds. The van der Waals surface area contributed by atoms with E-state index < -0.39 is 17.5 Å². The second kappa shape index (κ2) is 4.26. The van der Waals surface area contributed by atoms with Gasteiger partial charge in [-0.15, -0.1) is 9.95 Å². The van der Waals surface area contributed by atoms with E-state index in [4.69, 9.17) is 16.6 Å². The number of phenols is 3. The number of nitrogens with two attached hydrogens (primary N) is 2. The third-order valence-electron chi connectivity index (χ3n) is 1.63. The van der Waals surface area contributed by atoms with Crippen LogP contribution in [-0.2, 0) is 0 Å². The molecule has 16 heavy (non-hydrogen) atoms. The van der Waals surface area contributed by atoms with Crippen LogP contribution in [-0.4, -0.2) is 32.3 Å². The first kappa shape index (κ1) is 11.4. The van der Waals surface area contributed by atoms with Crippen LogP contribution >= 0.6 is 0 Å². The molecule has 0 radical (unpaired) electrons. The Labute approximate surface area is 89.9 Å². The molecule has 8 nitrogen and oxygen atoms in total. The maximum atomic E-state index is 10.8. The fraction of sp³-hybridized carbons (Fsp3) is 0. The molecule has 0 saturated carbocycles. The van der Waals surface area contributed by atoms with Crippen molar-refractivity contribution in [2.75, 3.05) is 0 Å². The van der Waals surface area contributed by atoms with Crippen LogP contribution in [0.1, 0.15) is 5.56 Å². The van der Waals surface area contributed by atoms with E-state index in [1.54, 1.807) is 0 Å². The molecule has 0 aliphatic rings. The maximum absolute atomic E-state index is 10.8. The summed E-state index contributed by atoms with van der Waals surface area (Å²) < 4.78 is 0. The highest BCUT2D eigenvalue weighted by atomic mass is 16.5. The van der Waals surface area contributed by atoms with Gasteiger partial charge in [-0.05, 0) is 0 Å². The molecule has 8 heteroatoms. The molecule has 0 spiro atoms. The lowest BCUT2D eigenvalue weighted by molar-refractivity contribution is -0.463. The molecule has 0 aromatic heterocycles. The molecule has 0 atom stereocenters. The van der Waals surface area contributed by atoms with E-state index in [2.05, 4.69) is 5.10 Å². The number of hydrazone groups is 1. The van der Waals surface area contributed by atoms with Gasteiger partial charge >= 0.3 is 5.96 Å². The van der Waals surface area contributed by atoms with Crippen LogP contribution < -0.4 is 11.5 Å². The second-order valence-corrected chi connectivity index (χ2v) is 2.84. The van der Waals surface area contributed by atoms with E-state index in [1.807, 2.05) is 0 Å². The minimum atomic E-state index is -0.589. The van der Waals surface area contributed by atoms with Crippen LogP contribution in [0.3, 0.4) is 0 Å². The Morgan fingerprint density at radius 2 is 1.75 bits per heavy atom. The van der Waals surface area contributed by atoms with Gasteiger partial charge in [0.15, 0.2) is 0 Å². The molecule has 0 unspecified atom stereocenters. The summed E-state index contributed by atoms with van der Waals surface area (Å²) in [5, 5.41) is 41.7. The lowest BCUT2D eigenvalue weighted by atomic mass is 10.2. The number of hydrogen-bond acceptors (Lipinski definition) is 5. The monoisotopic (exact) mass is 226 g/mol. The SMILES string of the molecule is NC(N)=[N+]([O-])/N=C/c1c(O)cc(O)cc1O. The number of hydrogen-bond donors (Lipinski definition) is 5. The second-order valence-electron chi connectivity index (χ2n) is 2.84. The summed E-state index contributed by atoms with van der Waals surface area (Å²) in [6.07, 6.45) is 0.858. The van der Waals surface area contributed by atoms with Crippen LogP contribution in [0.25, 0.3) is 0 Å². The van der Waals surface area contributed by atoms with Crippen LogP contribution in [0.15, 0.2) is 17.2 Å². The Kier molecular flexibility index (Phi) is 3.04. The molecule has 86 valence electrons. The van der Waals surface area contributed by atoms with E-state index >= 15 is 0 Å². The summed E-state index contributed by atoms with van der Waals surface area (Å²) in [4.78, 5) is -0.0915. The summed E-state index contributed by atoms with van der Waals surface area (Å²) in [5.74, 6) is -1.79. The van der Waals surface area contributed by atoms with E-state index in [0.29, 0.717) is 0 Å². The van der Waals surface area contributed by atoms with Gasteiger partial charge in [0.25, 0.3) is 0 Å². The van der Waals surface area contributed by atoms with Gasteiger partial charge in [0.2, 0.25) is 0 Å². The molecule has 0 aliphatic heterocycles. The normalized spacial score (nSPS) is 10.5. The van der Waals surface area contributed by atoms with Crippen molar-refractivity contribution in [1.29, 1.82) is 0 Å². The van der Waals surface area contributed by atoms with E-state index in [1.165, 1.54) is 0 Å². The Morgan fingerprint density at radius 3 is 2.19 bits per heavy atom. The number of phenolic OH excluding ortho intramolecular Hbond substituents is 3. The number of guanidine groups is 1. The summed E-state index contributed by atoms with van der Waals surface area (Å²) in [6, 6.07) is 1.96. The highest BCUT2D eigenvalue weighted by molar-refractivity contribution is 5.87. The quantitative estimate of drug-likeness (QED) is 0.142. The Hall–Kier alpha value is -2.64. The largest absolute Gasteiger partial charge is 0.722 e. The number of nitrogens with zero attached hydrogens (tertiary/aromatic N) is 2. The van der Waals surface area contributed by atoms with Crippen molar-refractivity contribution in [3.05, 3.63) is 22.9 Å². The number of rotatable bonds is 2. The smallest absolute Gasteiger partial charge is 0.366 e. The predicted octanol–water partition coefficient (Wildman–Crippen LogP) is -1.08. The zero-order chi connectivity index (χ0) is 12.3. The van der Waals surface area contributed by atoms with Crippen molar-refractivity contribution in [1.82, 2.24) is 0 Å². The highest BCUT2D eigenvalue weighted by Crippen LogP contribution is 2.30. The van der Waals surface area contributed by atoms with Gasteiger partial charge in [-0.1, -0.05) is 0 Å². The first-order chi connectivity index (χ1) is 7.41. The first-order valence-corrected chi connectivity index (χ1v) is 4.06. The van der Waals surface area contributed by atoms with Crippen molar-refractivity contribution in [2.24, 2.45) is 16.6 Å². The number of aromatic hydroxyl groups is 3. The minimum Gasteiger partial charge on any atom is -0.722 e. The Morgan fingerprint density at radius 1 is 1.25 bits per heavy atom. The maximum Gasteiger partial charge on any atom is 0.366 e. The Bertz CT molecular complexity index is 442. The van der Waals surface area contributed by atoms with E-state index in [9.17, 15) is 15.4 Å². The van der Waals surface area contributed by atoms with Gasteiger partial charge in [-0.2, -0.15) is 0 Å². The van der Waals surface area contributed by atoms with Gasteiger partial charge < -0.3 is 20.5 Å². The molecular weight excluding hydrogens is 216 g/mol. The highest BCUT2D eigenvalue weighted by Gasteiger charge is 2.07. The molecule has 0 fully saturated rings.